The lowest BCUT2D eigenvalue weighted by Gasteiger charge is -2.19. The Labute approximate surface area is 150 Å². The molecule has 132 valence electrons. The molecule has 0 fully saturated rings. The maximum absolute atomic E-state index is 12.2. The van der Waals surface area contributed by atoms with Crippen molar-refractivity contribution < 1.29 is 9.53 Å². The van der Waals surface area contributed by atoms with Gasteiger partial charge in [-0.25, -0.2) is 0 Å². The summed E-state index contributed by atoms with van der Waals surface area (Å²) in [5, 5.41) is 2.97. The average molecular weight is 337 g/mol. The van der Waals surface area contributed by atoms with Crippen LogP contribution in [0.25, 0.3) is 0 Å². The van der Waals surface area contributed by atoms with Crippen LogP contribution in [0.5, 0.6) is 5.75 Å². The van der Waals surface area contributed by atoms with E-state index in [0.717, 1.165) is 31.4 Å². The van der Waals surface area contributed by atoms with Crippen LogP contribution in [0.3, 0.4) is 0 Å². The predicted octanol–water partition coefficient (Wildman–Crippen LogP) is 4.08. The van der Waals surface area contributed by atoms with Gasteiger partial charge in [0.05, 0.1) is 0 Å². The summed E-state index contributed by atoms with van der Waals surface area (Å²) in [6.45, 7) is 2.48. The fourth-order valence-electron chi connectivity index (χ4n) is 3.33. The average Bonchev–Trinajstić information content (AvgIpc) is 2.65. The molecular weight excluding hydrogens is 310 g/mol. The minimum absolute atomic E-state index is 0.0502. The summed E-state index contributed by atoms with van der Waals surface area (Å²) in [5.74, 6) is 0.748. The maximum Gasteiger partial charge on any atom is 0.260 e. The molecule has 0 unspecified atom stereocenters. The lowest BCUT2D eigenvalue weighted by Crippen LogP contribution is -2.37. The standard InChI is InChI=1S/C22H27NO2/c1-17(22(24)23-15-7-10-18-8-3-2-4-9-18)25-21-14-13-19-11-5-6-12-20(19)16-21/h2-4,8-9,13-14,16-17H,5-7,10-12,15H2,1H3,(H,23,24)/t17-/m1/s1. The van der Waals surface area contributed by atoms with E-state index >= 15 is 0 Å². The SMILES string of the molecule is C[C@@H](Oc1ccc2c(c1)CCCC2)C(=O)NCCCc1ccccc1. The van der Waals surface area contributed by atoms with E-state index in [0.29, 0.717) is 6.54 Å². The molecule has 3 rings (SSSR count). The third-order valence-electron chi connectivity index (χ3n) is 4.79. The zero-order valence-corrected chi connectivity index (χ0v) is 15.0. The molecule has 0 saturated carbocycles. The highest BCUT2D eigenvalue weighted by atomic mass is 16.5. The van der Waals surface area contributed by atoms with Crippen LogP contribution < -0.4 is 10.1 Å². The van der Waals surface area contributed by atoms with E-state index in [1.165, 1.54) is 29.5 Å². The molecule has 0 aromatic heterocycles. The molecule has 2 aromatic carbocycles. The number of amides is 1. The maximum atomic E-state index is 12.2. The summed E-state index contributed by atoms with van der Waals surface area (Å²) >= 11 is 0. The van der Waals surface area contributed by atoms with Crippen molar-refractivity contribution in [1.29, 1.82) is 0 Å². The first-order valence-electron chi connectivity index (χ1n) is 9.32. The zero-order chi connectivity index (χ0) is 17.5. The molecule has 3 nitrogen and oxygen atoms in total. The third kappa shape index (κ3) is 5.09. The number of carbonyl (C=O) groups is 1. The first-order valence-corrected chi connectivity index (χ1v) is 9.32. The van der Waals surface area contributed by atoms with Crippen molar-refractivity contribution in [1.82, 2.24) is 5.32 Å². The Bertz CT molecular complexity index is 696. The molecule has 0 saturated heterocycles. The van der Waals surface area contributed by atoms with Crippen molar-refractivity contribution in [2.45, 2.75) is 51.6 Å². The summed E-state index contributed by atoms with van der Waals surface area (Å²) in [5.41, 5.74) is 4.10. The second-order valence-electron chi connectivity index (χ2n) is 6.78. The normalized spacial score (nSPS) is 14.4. The van der Waals surface area contributed by atoms with Crippen LogP contribution in [-0.4, -0.2) is 18.6 Å². The largest absolute Gasteiger partial charge is 0.481 e. The summed E-state index contributed by atoms with van der Waals surface area (Å²) in [6.07, 6.45) is 6.23. The summed E-state index contributed by atoms with van der Waals surface area (Å²) in [7, 11) is 0. The summed E-state index contributed by atoms with van der Waals surface area (Å²) in [6, 6.07) is 16.6. The topological polar surface area (TPSA) is 38.3 Å². The Morgan fingerprint density at radius 3 is 2.64 bits per heavy atom. The fourth-order valence-corrected chi connectivity index (χ4v) is 3.33. The van der Waals surface area contributed by atoms with Gasteiger partial charge in [0.15, 0.2) is 6.10 Å². The highest BCUT2D eigenvalue weighted by Gasteiger charge is 2.16. The molecule has 1 aliphatic carbocycles. The van der Waals surface area contributed by atoms with E-state index in [1.807, 2.05) is 31.2 Å². The lowest BCUT2D eigenvalue weighted by atomic mass is 9.92. The van der Waals surface area contributed by atoms with Gasteiger partial charge in [-0.3, -0.25) is 4.79 Å². The number of aryl methyl sites for hydroxylation is 3. The van der Waals surface area contributed by atoms with Crippen LogP contribution in [0.4, 0.5) is 0 Å². The molecule has 1 N–H and O–H groups in total. The number of fused-ring (bicyclic) bond motifs is 1. The van der Waals surface area contributed by atoms with Crippen LogP contribution >= 0.6 is 0 Å². The van der Waals surface area contributed by atoms with Gasteiger partial charge >= 0.3 is 0 Å². The zero-order valence-electron chi connectivity index (χ0n) is 15.0. The van der Waals surface area contributed by atoms with E-state index in [4.69, 9.17) is 4.74 Å². The molecule has 1 atom stereocenters. The Balaban J connectivity index is 1.43. The van der Waals surface area contributed by atoms with Gasteiger partial charge in [0.2, 0.25) is 0 Å². The number of nitrogens with one attached hydrogen (secondary N) is 1. The second kappa shape index (κ2) is 8.70. The molecular formula is C22H27NO2. The lowest BCUT2D eigenvalue weighted by molar-refractivity contribution is -0.127. The fraction of sp³-hybridized carbons (Fsp3) is 0.409. The van der Waals surface area contributed by atoms with Gasteiger partial charge in [-0.05, 0) is 74.3 Å². The predicted molar refractivity (Wildman–Crippen MR) is 101 cm³/mol. The smallest absolute Gasteiger partial charge is 0.260 e. The minimum Gasteiger partial charge on any atom is -0.481 e. The molecule has 0 aliphatic heterocycles. The van der Waals surface area contributed by atoms with Crippen molar-refractivity contribution in [3.05, 3.63) is 65.2 Å². The first-order chi connectivity index (χ1) is 12.2. The van der Waals surface area contributed by atoms with Crippen molar-refractivity contribution in [3.63, 3.8) is 0 Å². The van der Waals surface area contributed by atoms with E-state index < -0.39 is 6.10 Å². The highest BCUT2D eigenvalue weighted by molar-refractivity contribution is 5.80. The van der Waals surface area contributed by atoms with Gasteiger partial charge in [0, 0.05) is 6.54 Å². The van der Waals surface area contributed by atoms with E-state index in [1.54, 1.807) is 0 Å². The number of rotatable bonds is 7. The van der Waals surface area contributed by atoms with Crippen molar-refractivity contribution in [2.24, 2.45) is 0 Å². The monoisotopic (exact) mass is 337 g/mol. The Morgan fingerprint density at radius 2 is 1.84 bits per heavy atom. The molecule has 0 bridgehead atoms. The van der Waals surface area contributed by atoms with Crippen molar-refractivity contribution >= 4 is 5.91 Å². The first kappa shape index (κ1) is 17.5. The Morgan fingerprint density at radius 1 is 1.08 bits per heavy atom. The van der Waals surface area contributed by atoms with Gasteiger partial charge in [0.25, 0.3) is 5.91 Å². The van der Waals surface area contributed by atoms with Crippen LogP contribution in [0.15, 0.2) is 48.5 Å². The molecule has 3 heteroatoms. The van der Waals surface area contributed by atoms with Gasteiger partial charge < -0.3 is 10.1 Å². The molecule has 0 heterocycles. The number of benzene rings is 2. The molecule has 25 heavy (non-hydrogen) atoms. The quantitative estimate of drug-likeness (QED) is 0.773. The van der Waals surface area contributed by atoms with Gasteiger partial charge in [-0.15, -0.1) is 0 Å². The Kier molecular flexibility index (Phi) is 6.10. The molecule has 1 aliphatic rings. The minimum atomic E-state index is -0.474. The highest BCUT2D eigenvalue weighted by Crippen LogP contribution is 2.25. The second-order valence-corrected chi connectivity index (χ2v) is 6.78. The summed E-state index contributed by atoms with van der Waals surface area (Å²) < 4.78 is 5.85. The van der Waals surface area contributed by atoms with Crippen LogP contribution in [0.2, 0.25) is 0 Å². The molecule has 2 aromatic rings. The third-order valence-corrected chi connectivity index (χ3v) is 4.79. The number of ether oxygens (including phenoxy) is 1. The van der Waals surface area contributed by atoms with E-state index in [9.17, 15) is 4.79 Å². The molecule has 0 radical (unpaired) electrons. The van der Waals surface area contributed by atoms with Crippen molar-refractivity contribution in [3.8, 4) is 5.75 Å². The van der Waals surface area contributed by atoms with Crippen LogP contribution in [0, 0.1) is 0 Å². The van der Waals surface area contributed by atoms with E-state index in [2.05, 4.69) is 29.6 Å². The number of carbonyl (C=O) groups excluding carboxylic acids is 1. The molecule has 0 spiro atoms. The number of hydrogen-bond acceptors (Lipinski definition) is 2. The van der Waals surface area contributed by atoms with Gasteiger partial charge in [-0.1, -0.05) is 36.4 Å². The Hall–Kier alpha value is -2.29. The van der Waals surface area contributed by atoms with Gasteiger partial charge in [-0.2, -0.15) is 0 Å². The molecule has 1 amide bonds. The van der Waals surface area contributed by atoms with Crippen molar-refractivity contribution in [2.75, 3.05) is 6.54 Å². The van der Waals surface area contributed by atoms with Gasteiger partial charge in [0.1, 0.15) is 5.75 Å². The summed E-state index contributed by atoms with van der Waals surface area (Å²) in [4.78, 5) is 12.2. The number of hydrogen-bond donors (Lipinski definition) is 1. The van der Waals surface area contributed by atoms with E-state index in [-0.39, 0.29) is 5.91 Å². The van der Waals surface area contributed by atoms with Crippen LogP contribution in [-0.2, 0) is 24.1 Å². The van der Waals surface area contributed by atoms with Crippen LogP contribution in [0.1, 0.15) is 42.9 Å².